The van der Waals surface area contributed by atoms with Crippen LogP contribution in [0.25, 0.3) is 10.9 Å². The Bertz CT molecular complexity index is 699. The lowest BCUT2D eigenvalue weighted by atomic mass is 10.2. The number of aromatic amines is 1. The van der Waals surface area contributed by atoms with Crippen molar-refractivity contribution in [1.29, 1.82) is 0 Å². The number of aromatic nitrogens is 2. The van der Waals surface area contributed by atoms with E-state index in [0.29, 0.717) is 41.4 Å². The standard InChI is InChI=1S/C14H16ClN3O3/c1-2-21-13(19)5-6-16-8-12-17-11-4-3-9(15)7-10(11)14(20)18-12/h3-4,7,16H,2,5-6,8H2,1H3,(H,17,18,20). The number of nitrogens with one attached hydrogen (secondary N) is 2. The van der Waals surface area contributed by atoms with Crippen LogP contribution in [0.3, 0.4) is 0 Å². The van der Waals surface area contributed by atoms with E-state index in [1.54, 1.807) is 25.1 Å². The first-order valence-corrected chi connectivity index (χ1v) is 7.02. The van der Waals surface area contributed by atoms with Crippen molar-refractivity contribution in [2.24, 2.45) is 0 Å². The van der Waals surface area contributed by atoms with Crippen LogP contribution >= 0.6 is 11.6 Å². The molecule has 2 N–H and O–H groups in total. The summed E-state index contributed by atoms with van der Waals surface area (Å²) in [7, 11) is 0. The third-order valence-electron chi connectivity index (χ3n) is 2.82. The molecule has 7 heteroatoms. The number of nitrogens with zero attached hydrogens (tertiary/aromatic N) is 1. The molecule has 2 rings (SSSR count). The summed E-state index contributed by atoms with van der Waals surface area (Å²) < 4.78 is 4.82. The van der Waals surface area contributed by atoms with Gasteiger partial charge < -0.3 is 15.0 Å². The van der Waals surface area contributed by atoms with Gasteiger partial charge in [-0.15, -0.1) is 0 Å². The zero-order valence-corrected chi connectivity index (χ0v) is 12.4. The van der Waals surface area contributed by atoms with Gasteiger partial charge >= 0.3 is 5.97 Å². The predicted octanol–water partition coefficient (Wildman–Crippen LogP) is 1.62. The van der Waals surface area contributed by atoms with Crippen molar-refractivity contribution in [2.45, 2.75) is 19.9 Å². The number of hydrogen-bond acceptors (Lipinski definition) is 5. The third kappa shape index (κ3) is 4.27. The Morgan fingerprint density at radius 1 is 1.48 bits per heavy atom. The summed E-state index contributed by atoms with van der Waals surface area (Å²) >= 11 is 5.85. The van der Waals surface area contributed by atoms with Crippen LogP contribution in [-0.4, -0.2) is 29.1 Å². The number of esters is 1. The molecule has 2 aromatic rings. The van der Waals surface area contributed by atoms with Gasteiger partial charge in [0.2, 0.25) is 0 Å². The van der Waals surface area contributed by atoms with Crippen molar-refractivity contribution >= 4 is 28.5 Å². The number of carbonyl (C=O) groups excluding carboxylic acids is 1. The molecule has 0 atom stereocenters. The van der Waals surface area contributed by atoms with Crippen LogP contribution in [0.5, 0.6) is 0 Å². The number of hydrogen-bond donors (Lipinski definition) is 2. The molecule has 0 saturated carbocycles. The first kappa shape index (κ1) is 15.5. The topological polar surface area (TPSA) is 84.1 Å². The van der Waals surface area contributed by atoms with E-state index in [-0.39, 0.29) is 17.9 Å². The van der Waals surface area contributed by atoms with E-state index in [1.165, 1.54) is 0 Å². The molecule has 0 radical (unpaired) electrons. The largest absolute Gasteiger partial charge is 0.466 e. The SMILES string of the molecule is CCOC(=O)CCNCc1nc2ccc(Cl)cc2c(=O)[nH]1. The number of carbonyl (C=O) groups is 1. The number of ether oxygens (including phenoxy) is 1. The van der Waals surface area contributed by atoms with E-state index < -0.39 is 0 Å². The molecule has 0 spiro atoms. The van der Waals surface area contributed by atoms with Crippen LogP contribution in [0.4, 0.5) is 0 Å². The summed E-state index contributed by atoms with van der Waals surface area (Å²) in [5, 5.41) is 3.99. The normalized spacial score (nSPS) is 10.8. The fourth-order valence-corrected chi connectivity index (χ4v) is 2.05. The highest BCUT2D eigenvalue weighted by Gasteiger charge is 2.05. The minimum absolute atomic E-state index is 0.232. The van der Waals surface area contributed by atoms with Crippen molar-refractivity contribution in [2.75, 3.05) is 13.2 Å². The highest BCUT2D eigenvalue weighted by atomic mass is 35.5. The Labute approximate surface area is 126 Å². The third-order valence-corrected chi connectivity index (χ3v) is 3.06. The molecule has 6 nitrogen and oxygen atoms in total. The van der Waals surface area contributed by atoms with Gasteiger partial charge in [0.25, 0.3) is 5.56 Å². The van der Waals surface area contributed by atoms with Crippen LogP contribution in [0, 0.1) is 0 Å². The van der Waals surface area contributed by atoms with Gasteiger partial charge in [-0.25, -0.2) is 4.98 Å². The molecule has 0 fully saturated rings. The zero-order valence-electron chi connectivity index (χ0n) is 11.6. The van der Waals surface area contributed by atoms with Gasteiger partial charge in [0.05, 0.1) is 30.5 Å². The van der Waals surface area contributed by atoms with Gasteiger partial charge in [-0.1, -0.05) is 11.6 Å². The number of H-pyrrole nitrogens is 1. The van der Waals surface area contributed by atoms with Crippen LogP contribution in [0.2, 0.25) is 5.02 Å². The molecule has 112 valence electrons. The second-order valence-electron chi connectivity index (χ2n) is 4.41. The Morgan fingerprint density at radius 3 is 3.05 bits per heavy atom. The molecule has 0 aliphatic heterocycles. The monoisotopic (exact) mass is 309 g/mol. The molecule has 1 heterocycles. The predicted molar refractivity (Wildman–Crippen MR) is 80.3 cm³/mol. The van der Waals surface area contributed by atoms with E-state index >= 15 is 0 Å². The second kappa shape index (κ2) is 7.19. The summed E-state index contributed by atoms with van der Waals surface area (Å²) in [6.45, 7) is 2.97. The molecule has 1 aromatic carbocycles. The van der Waals surface area contributed by atoms with Crippen molar-refractivity contribution in [3.63, 3.8) is 0 Å². The van der Waals surface area contributed by atoms with E-state index in [0.717, 1.165) is 0 Å². The molecule has 0 unspecified atom stereocenters. The minimum Gasteiger partial charge on any atom is -0.466 e. The smallest absolute Gasteiger partial charge is 0.307 e. The molecular formula is C14H16ClN3O3. The summed E-state index contributed by atoms with van der Waals surface area (Å²) in [6.07, 6.45) is 0.279. The highest BCUT2D eigenvalue weighted by molar-refractivity contribution is 6.31. The molecule has 0 aliphatic carbocycles. The Morgan fingerprint density at radius 2 is 2.29 bits per heavy atom. The van der Waals surface area contributed by atoms with E-state index in [4.69, 9.17) is 16.3 Å². The second-order valence-corrected chi connectivity index (χ2v) is 4.84. The zero-order chi connectivity index (χ0) is 15.2. The van der Waals surface area contributed by atoms with Crippen LogP contribution in [0.15, 0.2) is 23.0 Å². The highest BCUT2D eigenvalue weighted by Crippen LogP contribution is 2.14. The molecule has 1 aromatic heterocycles. The molecule has 0 aliphatic rings. The average Bonchev–Trinajstić information content (AvgIpc) is 2.45. The summed E-state index contributed by atoms with van der Waals surface area (Å²) in [4.78, 5) is 30.1. The van der Waals surface area contributed by atoms with E-state index in [2.05, 4.69) is 15.3 Å². The van der Waals surface area contributed by atoms with Crippen molar-refractivity contribution in [3.8, 4) is 0 Å². The Hall–Kier alpha value is -1.92. The van der Waals surface area contributed by atoms with Gasteiger partial charge in [-0.2, -0.15) is 0 Å². The van der Waals surface area contributed by atoms with Crippen molar-refractivity contribution < 1.29 is 9.53 Å². The van der Waals surface area contributed by atoms with Crippen molar-refractivity contribution in [1.82, 2.24) is 15.3 Å². The van der Waals surface area contributed by atoms with Crippen LogP contribution < -0.4 is 10.9 Å². The molecule has 21 heavy (non-hydrogen) atoms. The number of rotatable bonds is 6. The first-order chi connectivity index (χ1) is 10.1. The maximum atomic E-state index is 11.9. The fourth-order valence-electron chi connectivity index (χ4n) is 1.87. The lowest BCUT2D eigenvalue weighted by molar-refractivity contribution is -0.142. The molecule has 0 saturated heterocycles. The lowest BCUT2D eigenvalue weighted by Crippen LogP contribution is -2.22. The maximum absolute atomic E-state index is 11.9. The summed E-state index contributed by atoms with van der Waals surface area (Å²) in [5.41, 5.74) is 0.357. The van der Waals surface area contributed by atoms with Crippen LogP contribution in [0.1, 0.15) is 19.2 Å². The van der Waals surface area contributed by atoms with Gasteiger partial charge in [0.15, 0.2) is 0 Å². The first-order valence-electron chi connectivity index (χ1n) is 6.65. The Balaban J connectivity index is 1.98. The minimum atomic E-state index is -0.250. The quantitative estimate of drug-likeness (QED) is 0.626. The van der Waals surface area contributed by atoms with Crippen LogP contribution in [-0.2, 0) is 16.1 Å². The van der Waals surface area contributed by atoms with Gasteiger partial charge in [0, 0.05) is 11.6 Å². The fraction of sp³-hybridized carbons (Fsp3) is 0.357. The number of benzene rings is 1. The van der Waals surface area contributed by atoms with Crippen molar-refractivity contribution in [3.05, 3.63) is 39.4 Å². The average molecular weight is 310 g/mol. The van der Waals surface area contributed by atoms with Gasteiger partial charge in [-0.3, -0.25) is 9.59 Å². The van der Waals surface area contributed by atoms with E-state index in [1.807, 2.05) is 0 Å². The number of halogens is 1. The van der Waals surface area contributed by atoms with Gasteiger partial charge in [0.1, 0.15) is 5.82 Å². The maximum Gasteiger partial charge on any atom is 0.307 e. The van der Waals surface area contributed by atoms with Gasteiger partial charge in [-0.05, 0) is 25.1 Å². The number of fused-ring (bicyclic) bond motifs is 1. The Kier molecular flexibility index (Phi) is 5.30. The molecule has 0 bridgehead atoms. The lowest BCUT2D eigenvalue weighted by Gasteiger charge is -2.05. The van der Waals surface area contributed by atoms with E-state index in [9.17, 15) is 9.59 Å². The summed E-state index contributed by atoms with van der Waals surface area (Å²) in [6, 6.07) is 4.98. The molecule has 0 amide bonds. The summed E-state index contributed by atoms with van der Waals surface area (Å²) in [5.74, 6) is 0.262. The molecular weight excluding hydrogens is 294 g/mol.